The molecule has 2 heterocycles. The van der Waals surface area contributed by atoms with E-state index in [2.05, 4.69) is 24.0 Å². The average molecular weight is 302 g/mol. The number of morpholine rings is 1. The summed E-state index contributed by atoms with van der Waals surface area (Å²) >= 11 is 0. The Labute approximate surface area is 130 Å². The molecule has 0 saturated carbocycles. The van der Waals surface area contributed by atoms with Gasteiger partial charge >= 0.3 is 0 Å². The Bertz CT molecular complexity index is 530. The lowest BCUT2D eigenvalue weighted by Gasteiger charge is -2.39. The van der Waals surface area contributed by atoms with Crippen LogP contribution in [0.2, 0.25) is 0 Å². The first-order valence-electron chi connectivity index (χ1n) is 7.89. The molecule has 0 radical (unpaired) electrons. The number of carbonyl (C=O) groups excluding carboxylic acids is 2. The largest absolute Gasteiger partial charge is 0.375 e. The maximum Gasteiger partial charge on any atom is 0.229 e. The van der Waals surface area contributed by atoms with Crippen molar-refractivity contribution in [2.75, 3.05) is 26.2 Å². The normalized spacial score (nSPS) is 26.7. The lowest BCUT2D eigenvalue weighted by molar-refractivity contribution is -0.139. The van der Waals surface area contributed by atoms with Crippen LogP contribution in [0.25, 0.3) is 0 Å². The second kappa shape index (κ2) is 6.58. The van der Waals surface area contributed by atoms with E-state index in [1.54, 1.807) is 0 Å². The van der Waals surface area contributed by atoms with Crippen molar-refractivity contribution < 1.29 is 14.3 Å². The first-order chi connectivity index (χ1) is 10.6. The molecule has 0 aromatic heterocycles. The van der Waals surface area contributed by atoms with Gasteiger partial charge in [0.15, 0.2) is 0 Å². The van der Waals surface area contributed by atoms with Crippen LogP contribution in [0.4, 0.5) is 0 Å². The zero-order chi connectivity index (χ0) is 15.5. The zero-order valence-electron chi connectivity index (χ0n) is 12.9. The summed E-state index contributed by atoms with van der Waals surface area (Å²) in [6.45, 7) is 4.70. The molecule has 0 spiro atoms. The van der Waals surface area contributed by atoms with Crippen molar-refractivity contribution in [2.24, 2.45) is 0 Å². The van der Waals surface area contributed by atoms with Crippen molar-refractivity contribution in [3.63, 3.8) is 0 Å². The highest BCUT2D eigenvalue weighted by molar-refractivity contribution is 6.01. The number of likely N-dealkylation sites (tertiary alicyclic amines) is 1. The minimum Gasteiger partial charge on any atom is -0.375 e. The van der Waals surface area contributed by atoms with Crippen molar-refractivity contribution in [2.45, 2.75) is 31.9 Å². The van der Waals surface area contributed by atoms with Gasteiger partial charge in [-0.25, -0.2) is 0 Å². The summed E-state index contributed by atoms with van der Waals surface area (Å²) in [7, 11) is 0. The smallest absolute Gasteiger partial charge is 0.229 e. The highest BCUT2D eigenvalue weighted by Gasteiger charge is 2.32. The number of amides is 2. The van der Waals surface area contributed by atoms with E-state index in [-0.39, 0.29) is 24.0 Å². The summed E-state index contributed by atoms with van der Waals surface area (Å²) in [5.41, 5.74) is 1.22. The standard InChI is InChI=1S/C17H22N2O3/c1-13-11-18(9-10-19-16(20)7-8-17(19)21)15(12-22-13)14-5-3-2-4-6-14/h2-6,13,15H,7-12H2,1H3/t13-,15-/m0/s1. The maximum atomic E-state index is 11.7. The van der Waals surface area contributed by atoms with Crippen LogP contribution in [0, 0.1) is 0 Å². The molecule has 118 valence electrons. The third-order valence-corrected chi connectivity index (χ3v) is 4.42. The Morgan fingerprint density at radius 3 is 2.45 bits per heavy atom. The third kappa shape index (κ3) is 3.20. The van der Waals surface area contributed by atoms with Crippen LogP contribution in [0.15, 0.2) is 30.3 Å². The lowest BCUT2D eigenvalue weighted by Crippen LogP contribution is -2.47. The quantitative estimate of drug-likeness (QED) is 0.793. The number of imide groups is 1. The Morgan fingerprint density at radius 1 is 1.09 bits per heavy atom. The number of hydrogen-bond acceptors (Lipinski definition) is 4. The molecule has 2 amide bonds. The molecular formula is C17H22N2O3. The molecule has 1 aromatic rings. The van der Waals surface area contributed by atoms with Gasteiger partial charge in [0.2, 0.25) is 11.8 Å². The van der Waals surface area contributed by atoms with Crippen LogP contribution in [0.5, 0.6) is 0 Å². The van der Waals surface area contributed by atoms with Crippen LogP contribution in [-0.4, -0.2) is 54.0 Å². The average Bonchev–Trinajstić information content (AvgIpc) is 2.85. The molecule has 3 rings (SSSR count). The molecule has 5 heteroatoms. The number of benzene rings is 1. The van der Waals surface area contributed by atoms with Gasteiger partial charge in [-0.05, 0) is 12.5 Å². The monoisotopic (exact) mass is 302 g/mol. The van der Waals surface area contributed by atoms with Crippen LogP contribution in [0.1, 0.15) is 31.4 Å². The van der Waals surface area contributed by atoms with Gasteiger partial charge in [0.1, 0.15) is 0 Å². The van der Waals surface area contributed by atoms with Crippen molar-refractivity contribution in [3.8, 4) is 0 Å². The molecule has 5 nitrogen and oxygen atoms in total. The molecular weight excluding hydrogens is 280 g/mol. The highest BCUT2D eigenvalue weighted by atomic mass is 16.5. The van der Waals surface area contributed by atoms with Gasteiger partial charge in [0, 0.05) is 32.5 Å². The van der Waals surface area contributed by atoms with Gasteiger partial charge in [0.25, 0.3) is 0 Å². The second-order valence-corrected chi connectivity index (χ2v) is 6.00. The first kappa shape index (κ1) is 15.2. The number of ether oxygens (including phenoxy) is 1. The fourth-order valence-corrected chi connectivity index (χ4v) is 3.20. The van der Waals surface area contributed by atoms with Crippen LogP contribution in [-0.2, 0) is 14.3 Å². The van der Waals surface area contributed by atoms with Crippen molar-refractivity contribution in [1.29, 1.82) is 0 Å². The van der Waals surface area contributed by atoms with Gasteiger partial charge in [-0.1, -0.05) is 30.3 Å². The predicted molar refractivity (Wildman–Crippen MR) is 82.1 cm³/mol. The minimum atomic E-state index is -0.0393. The van der Waals surface area contributed by atoms with Crippen molar-refractivity contribution in [1.82, 2.24) is 9.80 Å². The number of nitrogens with zero attached hydrogens (tertiary/aromatic N) is 2. The number of carbonyl (C=O) groups is 2. The highest BCUT2D eigenvalue weighted by Crippen LogP contribution is 2.26. The lowest BCUT2D eigenvalue weighted by atomic mass is 10.0. The molecule has 0 bridgehead atoms. The van der Waals surface area contributed by atoms with E-state index in [0.717, 1.165) is 6.54 Å². The van der Waals surface area contributed by atoms with Gasteiger partial charge in [-0.15, -0.1) is 0 Å². The molecule has 2 atom stereocenters. The predicted octanol–water partition coefficient (Wildman–Crippen LogP) is 1.60. The molecule has 22 heavy (non-hydrogen) atoms. The summed E-state index contributed by atoms with van der Waals surface area (Å²) in [6, 6.07) is 10.4. The molecule has 2 aliphatic rings. The van der Waals surface area contributed by atoms with Gasteiger partial charge < -0.3 is 4.74 Å². The van der Waals surface area contributed by atoms with Gasteiger partial charge in [-0.2, -0.15) is 0 Å². The summed E-state index contributed by atoms with van der Waals surface area (Å²) in [5.74, 6) is -0.0786. The fourth-order valence-electron chi connectivity index (χ4n) is 3.20. The maximum absolute atomic E-state index is 11.7. The van der Waals surface area contributed by atoms with E-state index in [0.29, 0.717) is 32.5 Å². The molecule has 2 fully saturated rings. The molecule has 0 N–H and O–H groups in total. The minimum absolute atomic E-state index is 0.0393. The summed E-state index contributed by atoms with van der Waals surface area (Å²) < 4.78 is 5.80. The molecule has 2 aliphatic heterocycles. The number of hydrogen-bond donors (Lipinski definition) is 0. The van der Waals surface area contributed by atoms with E-state index in [1.807, 2.05) is 18.2 Å². The summed E-state index contributed by atoms with van der Waals surface area (Å²) in [6.07, 6.45) is 0.894. The van der Waals surface area contributed by atoms with Crippen molar-refractivity contribution >= 4 is 11.8 Å². The van der Waals surface area contributed by atoms with Crippen LogP contribution in [0.3, 0.4) is 0 Å². The first-order valence-corrected chi connectivity index (χ1v) is 7.89. The fraction of sp³-hybridized carbons (Fsp3) is 0.529. The molecule has 0 unspecified atom stereocenters. The van der Waals surface area contributed by atoms with E-state index in [4.69, 9.17) is 4.74 Å². The Kier molecular flexibility index (Phi) is 4.55. The zero-order valence-corrected chi connectivity index (χ0v) is 12.9. The van der Waals surface area contributed by atoms with Gasteiger partial charge in [0.05, 0.1) is 18.8 Å². The third-order valence-electron chi connectivity index (χ3n) is 4.42. The van der Waals surface area contributed by atoms with E-state index >= 15 is 0 Å². The number of rotatable bonds is 4. The van der Waals surface area contributed by atoms with E-state index in [1.165, 1.54) is 10.5 Å². The summed E-state index contributed by atoms with van der Waals surface area (Å²) in [4.78, 5) is 27.2. The van der Waals surface area contributed by atoms with Crippen LogP contribution < -0.4 is 0 Å². The molecule has 0 aliphatic carbocycles. The molecule has 2 saturated heterocycles. The van der Waals surface area contributed by atoms with E-state index < -0.39 is 0 Å². The second-order valence-electron chi connectivity index (χ2n) is 6.00. The molecule has 1 aromatic carbocycles. The Hall–Kier alpha value is -1.72. The Balaban J connectivity index is 1.68. The summed E-state index contributed by atoms with van der Waals surface area (Å²) in [5, 5.41) is 0. The van der Waals surface area contributed by atoms with Crippen LogP contribution >= 0.6 is 0 Å². The SMILES string of the molecule is C[C@H]1CN(CCN2C(=O)CCC2=O)[C@H](c2ccccc2)CO1. The Morgan fingerprint density at radius 2 is 1.77 bits per heavy atom. The van der Waals surface area contributed by atoms with E-state index in [9.17, 15) is 9.59 Å². The topological polar surface area (TPSA) is 49.9 Å². The van der Waals surface area contributed by atoms with Gasteiger partial charge in [-0.3, -0.25) is 19.4 Å². The van der Waals surface area contributed by atoms with Crippen molar-refractivity contribution in [3.05, 3.63) is 35.9 Å².